The van der Waals surface area contributed by atoms with Crippen molar-refractivity contribution in [1.82, 2.24) is 9.13 Å². The van der Waals surface area contributed by atoms with E-state index in [0.717, 1.165) is 23.2 Å². The maximum Gasteiger partial charge on any atom is 0.332 e. The topological polar surface area (TPSA) is 44.0 Å². The highest BCUT2D eigenvalue weighted by Crippen LogP contribution is 2.21. The maximum atomic E-state index is 12.3. The van der Waals surface area contributed by atoms with Gasteiger partial charge in [-0.2, -0.15) is 0 Å². The number of nitrogens with zero attached hydrogens (tertiary/aromatic N) is 2. The van der Waals surface area contributed by atoms with Crippen LogP contribution in [0.5, 0.6) is 0 Å². The summed E-state index contributed by atoms with van der Waals surface area (Å²) in [4.78, 5) is 25.3. The van der Waals surface area contributed by atoms with Crippen molar-refractivity contribution in [2.24, 2.45) is 0 Å². The van der Waals surface area contributed by atoms with Crippen LogP contribution in [0.1, 0.15) is 32.3 Å². The summed E-state index contributed by atoms with van der Waals surface area (Å²) < 4.78 is 3.08. The molecular formula is C13H18N2O2S. The monoisotopic (exact) mass is 266 g/mol. The fraction of sp³-hybridized carbons (Fsp3) is 0.538. The molecule has 0 aliphatic carbocycles. The van der Waals surface area contributed by atoms with Crippen molar-refractivity contribution in [1.29, 1.82) is 0 Å². The van der Waals surface area contributed by atoms with E-state index in [4.69, 9.17) is 0 Å². The smallest absolute Gasteiger partial charge is 0.284 e. The summed E-state index contributed by atoms with van der Waals surface area (Å²) in [5, 5.41) is 2.66. The van der Waals surface area contributed by atoms with Crippen LogP contribution in [0.2, 0.25) is 0 Å². The molecule has 0 aliphatic heterocycles. The van der Waals surface area contributed by atoms with Gasteiger partial charge in [0.2, 0.25) is 0 Å². The Morgan fingerprint density at radius 2 is 1.94 bits per heavy atom. The molecule has 0 atom stereocenters. The number of unbranched alkanes of at least 4 members (excludes halogenated alkanes) is 1. The number of fused-ring (bicyclic) bond motifs is 1. The molecule has 2 aromatic heterocycles. The van der Waals surface area contributed by atoms with Gasteiger partial charge in [-0.05, 0) is 31.2 Å². The Hall–Kier alpha value is -1.36. The largest absolute Gasteiger partial charge is 0.332 e. The third kappa shape index (κ3) is 1.92. The van der Waals surface area contributed by atoms with Crippen LogP contribution in [0.25, 0.3) is 10.2 Å². The molecule has 2 heterocycles. The van der Waals surface area contributed by atoms with Crippen LogP contribution < -0.4 is 11.2 Å². The van der Waals surface area contributed by atoms with Crippen LogP contribution in [0.4, 0.5) is 0 Å². The Morgan fingerprint density at radius 3 is 2.56 bits per heavy atom. The first kappa shape index (κ1) is 13.1. The molecule has 0 saturated heterocycles. The Kier molecular flexibility index (Phi) is 3.71. The molecule has 98 valence electrons. The first-order valence-corrected chi connectivity index (χ1v) is 7.21. The zero-order valence-corrected chi connectivity index (χ0v) is 11.8. The van der Waals surface area contributed by atoms with E-state index in [0.29, 0.717) is 18.5 Å². The number of rotatable bonds is 4. The minimum Gasteiger partial charge on any atom is -0.284 e. The fourth-order valence-corrected chi connectivity index (χ4v) is 3.21. The molecule has 5 heteroatoms. The van der Waals surface area contributed by atoms with E-state index < -0.39 is 0 Å². The Balaban J connectivity index is 2.83. The number of hydrogen-bond donors (Lipinski definition) is 0. The summed E-state index contributed by atoms with van der Waals surface area (Å²) >= 11 is 1.49. The minimum atomic E-state index is -0.176. The lowest BCUT2D eigenvalue weighted by Crippen LogP contribution is -2.39. The summed E-state index contributed by atoms with van der Waals surface area (Å²) in [5.41, 5.74) is 0.641. The van der Waals surface area contributed by atoms with E-state index in [-0.39, 0.29) is 11.2 Å². The molecule has 0 fully saturated rings. The predicted octanol–water partition coefficient (Wildman–Crippen LogP) is 2.35. The fourth-order valence-electron chi connectivity index (χ4n) is 2.14. The summed E-state index contributed by atoms with van der Waals surface area (Å²) in [6.45, 7) is 6.97. The molecular weight excluding hydrogens is 248 g/mol. The molecule has 2 aromatic rings. The van der Waals surface area contributed by atoms with Crippen LogP contribution in [0.15, 0.2) is 15.0 Å². The summed E-state index contributed by atoms with van der Waals surface area (Å²) in [6, 6.07) is 0. The summed E-state index contributed by atoms with van der Waals surface area (Å²) in [5.74, 6) is 0. The van der Waals surface area contributed by atoms with Gasteiger partial charge in [0.15, 0.2) is 0 Å². The van der Waals surface area contributed by atoms with Crippen molar-refractivity contribution in [3.63, 3.8) is 0 Å². The SMILES string of the molecule is CCCCn1c(=O)n(CC)c(=O)c2c(C)csc21. The Labute approximate surface area is 109 Å². The van der Waals surface area contributed by atoms with Crippen LogP contribution >= 0.6 is 11.3 Å². The highest BCUT2D eigenvalue weighted by Gasteiger charge is 2.14. The average Bonchev–Trinajstić information content (AvgIpc) is 2.72. The second-order valence-electron chi connectivity index (χ2n) is 4.44. The highest BCUT2D eigenvalue weighted by atomic mass is 32.1. The number of aryl methyl sites for hydroxylation is 2. The van der Waals surface area contributed by atoms with Gasteiger partial charge in [-0.15, -0.1) is 11.3 Å². The summed E-state index contributed by atoms with van der Waals surface area (Å²) in [7, 11) is 0. The molecule has 0 amide bonds. The van der Waals surface area contributed by atoms with Gasteiger partial charge in [-0.25, -0.2) is 4.79 Å². The first-order chi connectivity index (χ1) is 8.61. The van der Waals surface area contributed by atoms with Gasteiger partial charge in [-0.3, -0.25) is 13.9 Å². The van der Waals surface area contributed by atoms with Gasteiger partial charge >= 0.3 is 5.69 Å². The predicted molar refractivity (Wildman–Crippen MR) is 75.7 cm³/mol. The standard InChI is InChI=1S/C13H18N2O2S/c1-4-6-7-15-12-10(9(3)8-18-12)11(16)14(5-2)13(15)17/h8H,4-7H2,1-3H3. The Morgan fingerprint density at radius 1 is 1.22 bits per heavy atom. The molecule has 0 bridgehead atoms. The second kappa shape index (κ2) is 5.10. The van der Waals surface area contributed by atoms with Gasteiger partial charge in [0, 0.05) is 13.1 Å². The van der Waals surface area contributed by atoms with Gasteiger partial charge < -0.3 is 0 Å². The minimum absolute atomic E-state index is 0.149. The van der Waals surface area contributed by atoms with Gasteiger partial charge in [0.1, 0.15) is 4.83 Å². The maximum absolute atomic E-state index is 12.3. The molecule has 0 saturated carbocycles. The van der Waals surface area contributed by atoms with Crippen LogP contribution in [0.3, 0.4) is 0 Å². The van der Waals surface area contributed by atoms with Gasteiger partial charge in [0.25, 0.3) is 5.56 Å². The molecule has 0 aromatic carbocycles. The number of aromatic nitrogens is 2. The van der Waals surface area contributed by atoms with Crippen LogP contribution in [-0.4, -0.2) is 9.13 Å². The average molecular weight is 266 g/mol. The molecule has 4 nitrogen and oxygen atoms in total. The third-order valence-corrected chi connectivity index (χ3v) is 4.29. The third-order valence-electron chi connectivity index (χ3n) is 3.17. The summed E-state index contributed by atoms with van der Waals surface area (Å²) in [6.07, 6.45) is 1.98. The van der Waals surface area contributed by atoms with Crippen molar-refractivity contribution in [3.05, 3.63) is 31.8 Å². The molecule has 18 heavy (non-hydrogen) atoms. The lowest BCUT2D eigenvalue weighted by molar-refractivity contribution is 0.567. The van der Waals surface area contributed by atoms with Gasteiger partial charge in [0.05, 0.1) is 5.39 Å². The highest BCUT2D eigenvalue weighted by molar-refractivity contribution is 7.17. The number of thiophene rings is 1. The van der Waals surface area contributed by atoms with Crippen LogP contribution in [-0.2, 0) is 13.1 Å². The van der Waals surface area contributed by atoms with Crippen molar-refractivity contribution in [2.45, 2.75) is 46.7 Å². The normalized spacial score (nSPS) is 11.3. The van der Waals surface area contributed by atoms with E-state index in [1.54, 1.807) is 4.57 Å². The molecule has 0 radical (unpaired) electrons. The molecule has 0 unspecified atom stereocenters. The van der Waals surface area contributed by atoms with Crippen molar-refractivity contribution in [3.8, 4) is 0 Å². The first-order valence-electron chi connectivity index (χ1n) is 6.33. The lowest BCUT2D eigenvalue weighted by atomic mass is 10.2. The van der Waals surface area contributed by atoms with E-state index in [1.165, 1.54) is 15.9 Å². The van der Waals surface area contributed by atoms with E-state index in [9.17, 15) is 9.59 Å². The van der Waals surface area contributed by atoms with E-state index in [1.807, 2.05) is 19.2 Å². The molecule has 0 spiro atoms. The quantitative estimate of drug-likeness (QED) is 0.852. The Bertz CT molecular complexity index is 679. The van der Waals surface area contributed by atoms with E-state index in [2.05, 4.69) is 6.92 Å². The van der Waals surface area contributed by atoms with E-state index >= 15 is 0 Å². The number of hydrogen-bond acceptors (Lipinski definition) is 3. The zero-order valence-electron chi connectivity index (χ0n) is 11.0. The zero-order chi connectivity index (χ0) is 13.3. The van der Waals surface area contributed by atoms with Crippen molar-refractivity contribution < 1.29 is 0 Å². The molecule has 2 rings (SSSR count). The van der Waals surface area contributed by atoms with Crippen molar-refractivity contribution in [2.75, 3.05) is 0 Å². The second-order valence-corrected chi connectivity index (χ2v) is 5.29. The lowest BCUT2D eigenvalue weighted by Gasteiger charge is -2.10. The van der Waals surface area contributed by atoms with Crippen molar-refractivity contribution >= 4 is 21.6 Å². The van der Waals surface area contributed by atoms with Crippen LogP contribution in [0, 0.1) is 6.92 Å². The molecule has 0 N–H and O–H groups in total. The molecule has 0 aliphatic rings. The van der Waals surface area contributed by atoms with Gasteiger partial charge in [-0.1, -0.05) is 13.3 Å².